The largest absolute Gasteiger partial charge is 0.481 e. The second kappa shape index (κ2) is 5.30. The minimum atomic E-state index is -0.883. The van der Waals surface area contributed by atoms with E-state index in [1.54, 1.807) is 12.4 Å². The van der Waals surface area contributed by atoms with E-state index >= 15 is 0 Å². The van der Waals surface area contributed by atoms with Crippen molar-refractivity contribution in [3.05, 3.63) is 28.5 Å². The number of aromatic amines is 1. The molecule has 0 aliphatic heterocycles. The van der Waals surface area contributed by atoms with Crippen molar-refractivity contribution in [1.29, 1.82) is 0 Å². The molecule has 0 bridgehead atoms. The van der Waals surface area contributed by atoms with Crippen molar-refractivity contribution in [3.8, 4) is 0 Å². The predicted molar refractivity (Wildman–Crippen MR) is 69.6 cm³/mol. The van der Waals surface area contributed by atoms with Gasteiger partial charge in [-0.3, -0.25) is 9.59 Å². The van der Waals surface area contributed by atoms with Crippen molar-refractivity contribution in [2.75, 3.05) is 0 Å². The maximum Gasteiger partial charge on any atom is 0.303 e. The highest BCUT2D eigenvalue weighted by atomic mass is 79.9. The average molecular weight is 311 g/mol. The Bertz CT molecular complexity index is 606. The summed E-state index contributed by atoms with van der Waals surface area (Å²) in [4.78, 5) is 29.4. The first kappa shape index (κ1) is 12.8. The Morgan fingerprint density at radius 1 is 1.39 bits per heavy atom. The van der Waals surface area contributed by atoms with Gasteiger partial charge in [0.25, 0.3) is 0 Å². The number of aliphatic carboxylic acids is 1. The Labute approximate surface area is 111 Å². The summed E-state index contributed by atoms with van der Waals surface area (Å²) in [6.45, 7) is 0. The SMILES string of the molecule is O=C(O)CCCC(=O)c1c[nH]c2ncc(Br)cc12. The van der Waals surface area contributed by atoms with E-state index in [9.17, 15) is 9.59 Å². The highest BCUT2D eigenvalue weighted by Crippen LogP contribution is 2.22. The molecule has 0 aliphatic carbocycles. The molecule has 2 N–H and O–H groups in total. The van der Waals surface area contributed by atoms with Gasteiger partial charge in [0.15, 0.2) is 5.78 Å². The van der Waals surface area contributed by atoms with Crippen LogP contribution < -0.4 is 0 Å². The fourth-order valence-corrected chi connectivity index (χ4v) is 2.07. The lowest BCUT2D eigenvalue weighted by Gasteiger charge is -1.98. The first-order chi connectivity index (χ1) is 8.58. The third-order valence-electron chi connectivity index (χ3n) is 2.59. The molecule has 2 heterocycles. The molecule has 5 nitrogen and oxygen atoms in total. The quantitative estimate of drug-likeness (QED) is 0.832. The molecule has 0 aliphatic rings. The third-order valence-corrected chi connectivity index (χ3v) is 3.03. The number of hydrogen-bond acceptors (Lipinski definition) is 3. The topological polar surface area (TPSA) is 83.0 Å². The number of H-pyrrole nitrogens is 1. The minimum absolute atomic E-state index is 0.00996. The number of ketones is 1. The zero-order chi connectivity index (χ0) is 13.1. The van der Waals surface area contributed by atoms with Gasteiger partial charge in [-0.05, 0) is 28.4 Å². The van der Waals surface area contributed by atoms with Crippen LogP contribution in [0.4, 0.5) is 0 Å². The normalized spacial score (nSPS) is 10.7. The number of nitrogens with zero attached hydrogens (tertiary/aromatic N) is 1. The van der Waals surface area contributed by atoms with Gasteiger partial charge in [0, 0.05) is 40.7 Å². The Hall–Kier alpha value is -1.69. The summed E-state index contributed by atoms with van der Waals surface area (Å²) >= 11 is 3.31. The van der Waals surface area contributed by atoms with Crippen LogP contribution in [0.5, 0.6) is 0 Å². The zero-order valence-corrected chi connectivity index (χ0v) is 11.0. The molecular formula is C12H11BrN2O3. The predicted octanol–water partition coefficient (Wildman–Crippen LogP) is 2.76. The number of halogens is 1. The molecule has 94 valence electrons. The lowest BCUT2D eigenvalue weighted by atomic mass is 10.1. The number of hydrogen-bond donors (Lipinski definition) is 2. The first-order valence-corrected chi connectivity index (χ1v) is 6.25. The van der Waals surface area contributed by atoms with Crippen molar-refractivity contribution < 1.29 is 14.7 Å². The summed E-state index contributed by atoms with van der Waals surface area (Å²) in [5, 5.41) is 9.29. The highest BCUT2D eigenvalue weighted by Gasteiger charge is 2.13. The van der Waals surface area contributed by atoms with Gasteiger partial charge in [0.1, 0.15) is 5.65 Å². The van der Waals surface area contributed by atoms with Crippen molar-refractivity contribution in [3.63, 3.8) is 0 Å². The van der Waals surface area contributed by atoms with E-state index in [1.165, 1.54) is 0 Å². The van der Waals surface area contributed by atoms with Gasteiger partial charge in [-0.25, -0.2) is 4.98 Å². The van der Waals surface area contributed by atoms with Crippen LogP contribution in [0.25, 0.3) is 11.0 Å². The Morgan fingerprint density at radius 3 is 2.89 bits per heavy atom. The molecule has 2 aromatic rings. The molecule has 0 amide bonds. The maximum atomic E-state index is 12.0. The molecule has 0 radical (unpaired) electrons. The molecular weight excluding hydrogens is 300 g/mol. The van der Waals surface area contributed by atoms with Crippen LogP contribution in [-0.4, -0.2) is 26.8 Å². The van der Waals surface area contributed by atoms with Gasteiger partial charge in [-0.1, -0.05) is 0 Å². The summed E-state index contributed by atoms with van der Waals surface area (Å²) in [6.07, 6.45) is 3.86. The van der Waals surface area contributed by atoms with E-state index in [2.05, 4.69) is 25.9 Å². The monoisotopic (exact) mass is 310 g/mol. The van der Waals surface area contributed by atoms with Crippen LogP contribution in [0.1, 0.15) is 29.6 Å². The number of carbonyl (C=O) groups is 2. The Morgan fingerprint density at radius 2 is 2.17 bits per heavy atom. The molecule has 18 heavy (non-hydrogen) atoms. The van der Waals surface area contributed by atoms with E-state index < -0.39 is 5.97 Å². The van der Waals surface area contributed by atoms with E-state index in [0.29, 0.717) is 17.6 Å². The smallest absolute Gasteiger partial charge is 0.303 e. The number of pyridine rings is 1. The summed E-state index contributed by atoms with van der Waals surface area (Å²) in [6, 6.07) is 1.82. The Balaban J connectivity index is 2.17. The van der Waals surface area contributed by atoms with Crippen LogP contribution >= 0.6 is 15.9 Å². The van der Waals surface area contributed by atoms with E-state index in [1.807, 2.05) is 6.07 Å². The summed E-state index contributed by atoms with van der Waals surface area (Å²) in [5.41, 5.74) is 1.21. The second-order valence-corrected chi connectivity index (χ2v) is 4.84. The number of carbonyl (C=O) groups excluding carboxylic acids is 1. The number of nitrogens with one attached hydrogen (secondary N) is 1. The molecule has 0 saturated heterocycles. The van der Waals surface area contributed by atoms with E-state index in [0.717, 1.165) is 9.86 Å². The van der Waals surface area contributed by atoms with Crippen LogP contribution in [-0.2, 0) is 4.79 Å². The van der Waals surface area contributed by atoms with Gasteiger partial charge in [-0.2, -0.15) is 0 Å². The summed E-state index contributed by atoms with van der Waals surface area (Å²) in [7, 11) is 0. The van der Waals surface area contributed by atoms with Crippen LogP contribution in [0, 0.1) is 0 Å². The number of carboxylic acid groups (broad SMARTS) is 1. The molecule has 0 unspecified atom stereocenters. The van der Waals surface area contributed by atoms with Crippen molar-refractivity contribution >= 4 is 38.7 Å². The maximum absolute atomic E-state index is 12.0. The van der Waals surface area contributed by atoms with Gasteiger partial charge >= 0.3 is 5.97 Å². The van der Waals surface area contributed by atoms with Gasteiger partial charge in [0.2, 0.25) is 0 Å². The number of carboxylic acids is 1. The van der Waals surface area contributed by atoms with Crippen LogP contribution in [0.2, 0.25) is 0 Å². The number of fused-ring (bicyclic) bond motifs is 1. The zero-order valence-electron chi connectivity index (χ0n) is 9.44. The van der Waals surface area contributed by atoms with Crippen molar-refractivity contribution in [2.24, 2.45) is 0 Å². The third kappa shape index (κ3) is 2.76. The average Bonchev–Trinajstić information content (AvgIpc) is 2.71. The van der Waals surface area contributed by atoms with E-state index in [-0.39, 0.29) is 18.6 Å². The molecule has 0 aromatic carbocycles. The van der Waals surface area contributed by atoms with Gasteiger partial charge < -0.3 is 10.1 Å². The number of aromatic nitrogens is 2. The Kier molecular flexibility index (Phi) is 3.76. The molecule has 0 spiro atoms. The lowest BCUT2D eigenvalue weighted by Crippen LogP contribution is -2.01. The number of rotatable bonds is 5. The fourth-order valence-electron chi connectivity index (χ4n) is 1.74. The standard InChI is InChI=1S/C12H11BrN2O3/c13-7-4-8-9(6-15-12(8)14-5-7)10(16)2-1-3-11(17)18/h4-6H,1-3H2,(H,14,15)(H,17,18). The minimum Gasteiger partial charge on any atom is -0.481 e. The molecule has 0 atom stereocenters. The van der Waals surface area contributed by atoms with Crippen LogP contribution in [0.15, 0.2) is 22.9 Å². The highest BCUT2D eigenvalue weighted by molar-refractivity contribution is 9.10. The van der Waals surface area contributed by atoms with Crippen molar-refractivity contribution in [1.82, 2.24) is 9.97 Å². The van der Waals surface area contributed by atoms with Gasteiger partial charge in [-0.15, -0.1) is 0 Å². The van der Waals surface area contributed by atoms with Gasteiger partial charge in [0.05, 0.1) is 0 Å². The lowest BCUT2D eigenvalue weighted by molar-refractivity contribution is -0.137. The van der Waals surface area contributed by atoms with Crippen LogP contribution in [0.3, 0.4) is 0 Å². The first-order valence-electron chi connectivity index (χ1n) is 5.45. The fraction of sp³-hybridized carbons (Fsp3) is 0.250. The summed E-state index contributed by atoms with van der Waals surface area (Å²) in [5.74, 6) is -0.950. The molecule has 0 saturated carbocycles. The molecule has 2 rings (SSSR count). The number of Topliss-reactive ketones (excluding diaryl/α,β-unsaturated/α-hetero) is 1. The van der Waals surface area contributed by atoms with Crippen molar-refractivity contribution in [2.45, 2.75) is 19.3 Å². The van der Waals surface area contributed by atoms with E-state index in [4.69, 9.17) is 5.11 Å². The molecule has 0 fully saturated rings. The molecule has 6 heteroatoms. The second-order valence-electron chi connectivity index (χ2n) is 3.92. The molecule has 2 aromatic heterocycles. The summed E-state index contributed by atoms with van der Waals surface area (Å²) < 4.78 is 0.800.